The lowest BCUT2D eigenvalue weighted by molar-refractivity contribution is -0.0100. The Balaban J connectivity index is 1.94. The summed E-state index contributed by atoms with van der Waals surface area (Å²) in [7, 11) is 0. The van der Waals surface area contributed by atoms with Gasteiger partial charge in [0.15, 0.2) is 0 Å². The monoisotopic (exact) mass is 302 g/mol. The molecule has 1 aliphatic rings. The average molecular weight is 302 g/mol. The van der Waals surface area contributed by atoms with E-state index in [1.165, 1.54) is 0 Å². The zero-order valence-electron chi connectivity index (χ0n) is 14.5. The minimum atomic E-state index is -0.821. The molecule has 22 heavy (non-hydrogen) atoms. The van der Waals surface area contributed by atoms with Crippen LogP contribution in [0, 0.1) is 0 Å². The van der Waals surface area contributed by atoms with Crippen LogP contribution >= 0.6 is 0 Å². The Kier molecular flexibility index (Phi) is 4.47. The summed E-state index contributed by atoms with van der Waals surface area (Å²) in [6, 6.07) is 7.85. The molecule has 1 aliphatic heterocycles. The van der Waals surface area contributed by atoms with Gasteiger partial charge in [-0.2, -0.15) is 0 Å². The van der Waals surface area contributed by atoms with Crippen molar-refractivity contribution >= 4 is 13.0 Å². The second kappa shape index (κ2) is 5.75. The Labute approximate surface area is 134 Å². The lowest BCUT2D eigenvalue weighted by Gasteiger charge is -2.56. The highest BCUT2D eigenvalue weighted by Gasteiger charge is 2.57. The summed E-state index contributed by atoms with van der Waals surface area (Å²) in [5.74, 6) is 2.89. The van der Waals surface area contributed by atoms with Gasteiger partial charge in [0.2, 0.25) is 0 Å². The molecule has 0 amide bonds. The fraction of sp³-hybridized carbons (Fsp3) is 0.556. The first kappa shape index (κ1) is 17.1. The summed E-state index contributed by atoms with van der Waals surface area (Å²) in [5.41, 5.74) is 0.217. The van der Waals surface area contributed by atoms with Crippen LogP contribution in [0.2, 0.25) is 5.31 Å². The van der Waals surface area contributed by atoms with Gasteiger partial charge in [0.25, 0.3) is 0 Å². The van der Waals surface area contributed by atoms with Gasteiger partial charge in [0.1, 0.15) is 12.4 Å². The molecule has 0 atom stereocenters. The molecule has 0 aromatic heterocycles. The number of aliphatic hydroxyl groups is 1. The number of rotatable bonds is 5. The molecule has 0 saturated carbocycles. The third-order valence-electron chi connectivity index (χ3n) is 4.62. The van der Waals surface area contributed by atoms with Gasteiger partial charge in [-0.05, 0) is 45.4 Å². The molecule has 120 valence electrons. The summed E-state index contributed by atoms with van der Waals surface area (Å²) >= 11 is 0. The zero-order valence-corrected chi connectivity index (χ0v) is 14.5. The fourth-order valence-corrected chi connectivity index (χ4v) is 2.31. The lowest BCUT2D eigenvalue weighted by atomic mass is 9.35. The van der Waals surface area contributed by atoms with E-state index in [1.807, 2.05) is 24.3 Å². The third-order valence-corrected chi connectivity index (χ3v) is 4.62. The van der Waals surface area contributed by atoms with E-state index < -0.39 is 5.60 Å². The molecule has 1 heterocycles. The van der Waals surface area contributed by atoms with E-state index in [0.717, 1.165) is 11.3 Å². The van der Waals surface area contributed by atoms with Crippen LogP contribution in [-0.4, -0.2) is 29.8 Å². The first-order valence-corrected chi connectivity index (χ1v) is 7.83. The minimum absolute atomic E-state index is 0.0726. The van der Waals surface area contributed by atoms with Crippen LogP contribution in [0.1, 0.15) is 47.1 Å². The summed E-state index contributed by atoms with van der Waals surface area (Å²) in [6.07, 6.45) is 2.08. The fourth-order valence-electron chi connectivity index (χ4n) is 2.31. The highest BCUT2D eigenvalue weighted by atomic mass is 16.5. The van der Waals surface area contributed by atoms with Gasteiger partial charge in [-0.15, -0.1) is 0 Å². The van der Waals surface area contributed by atoms with E-state index in [4.69, 9.17) is 9.39 Å². The molecule has 4 heteroatoms. The second-order valence-corrected chi connectivity index (χ2v) is 7.80. The zero-order chi connectivity index (χ0) is 16.6. The number of hydrogen-bond donors (Lipinski definition) is 1. The van der Waals surface area contributed by atoms with Crippen molar-refractivity contribution < 1.29 is 14.5 Å². The van der Waals surface area contributed by atoms with E-state index in [-0.39, 0.29) is 24.4 Å². The molecule has 1 aromatic carbocycles. The lowest BCUT2D eigenvalue weighted by Crippen LogP contribution is -2.60. The Bertz CT molecular complexity index is 538. The van der Waals surface area contributed by atoms with Crippen molar-refractivity contribution in [3.05, 3.63) is 35.8 Å². The molecule has 2 rings (SSSR count). The SMILES string of the molecule is CC(C)(O)COc1ccc(/C=C/B2OC(C)(C)C2(C)C)cc1. The predicted molar refractivity (Wildman–Crippen MR) is 92.2 cm³/mol. The molecule has 0 radical (unpaired) electrons. The molecule has 0 spiro atoms. The first-order chi connectivity index (χ1) is 10.0. The van der Waals surface area contributed by atoms with Gasteiger partial charge in [0, 0.05) is 10.9 Å². The Morgan fingerprint density at radius 1 is 1.18 bits per heavy atom. The van der Waals surface area contributed by atoms with Crippen molar-refractivity contribution in [2.45, 2.75) is 58.1 Å². The van der Waals surface area contributed by atoms with Gasteiger partial charge in [-0.25, -0.2) is 0 Å². The van der Waals surface area contributed by atoms with Gasteiger partial charge in [-0.3, -0.25) is 0 Å². The van der Waals surface area contributed by atoms with Crippen LogP contribution in [0.15, 0.2) is 30.2 Å². The maximum atomic E-state index is 9.65. The number of hydrogen-bond acceptors (Lipinski definition) is 3. The maximum Gasteiger partial charge on any atom is 0.328 e. The van der Waals surface area contributed by atoms with Gasteiger partial charge in [-0.1, -0.05) is 38.0 Å². The van der Waals surface area contributed by atoms with Crippen molar-refractivity contribution in [2.75, 3.05) is 6.61 Å². The van der Waals surface area contributed by atoms with Gasteiger partial charge >= 0.3 is 6.92 Å². The number of ether oxygens (including phenoxy) is 1. The van der Waals surface area contributed by atoms with Crippen LogP contribution in [0.3, 0.4) is 0 Å². The molecule has 1 saturated heterocycles. The van der Waals surface area contributed by atoms with Crippen molar-refractivity contribution in [3.63, 3.8) is 0 Å². The Hall–Kier alpha value is -1.26. The van der Waals surface area contributed by atoms with Crippen LogP contribution < -0.4 is 4.74 Å². The van der Waals surface area contributed by atoms with Crippen LogP contribution in [-0.2, 0) is 4.65 Å². The van der Waals surface area contributed by atoms with Gasteiger partial charge in [0.05, 0.1) is 5.60 Å². The molecule has 3 nitrogen and oxygen atoms in total. The average Bonchev–Trinajstić information content (AvgIpc) is 2.41. The molecule has 1 fully saturated rings. The third kappa shape index (κ3) is 3.74. The molecular weight excluding hydrogens is 275 g/mol. The van der Waals surface area contributed by atoms with E-state index in [2.05, 4.69) is 39.7 Å². The highest BCUT2D eigenvalue weighted by Crippen LogP contribution is 2.53. The second-order valence-electron chi connectivity index (χ2n) is 7.80. The molecule has 0 aliphatic carbocycles. The molecule has 1 aromatic rings. The van der Waals surface area contributed by atoms with Crippen LogP contribution in [0.5, 0.6) is 5.75 Å². The first-order valence-electron chi connectivity index (χ1n) is 7.83. The van der Waals surface area contributed by atoms with Crippen molar-refractivity contribution in [1.82, 2.24) is 0 Å². The standard InChI is InChI=1S/C18H27BO3/c1-16(2,20)13-21-15-9-7-14(8-10-15)11-12-19-17(3,4)18(5,6)22-19/h7-12,20H,13H2,1-6H3/b12-11+. The molecule has 1 N–H and O–H groups in total. The summed E-state index contributed by atoms with van der Waals surface area (Å²) in [4.78, 5) is 0. The Morgan fingerprint density at radius 3 is 2.23 bits per heavy atom. The van der Waals surface area contributed by atoms with E-state index in [9.17, 15) is 5.11 Å². The normalized spacial score (nSPS) is 20.0. The maximum absolute atomic E-state index is 9.65. The van der Waals surface area contributed by atoms with Crippen LogP contribution in [0.25, 0.3) is 6.08 Å². The van der Waals surface area contributed by atoms with Crippen LogP contribution in [0.4, 0.5) is 0 Å². The van der Waals surface area contributed by atoms with E-state index >= 15 is 0 Å². The highest BCUT2D eigenvalue weighted by molar-refractivity contribution is 6.65. The Morgan fingerprint density at radius 2 is 1.77 bits per heavy atom. The number of benzene rings is 1. The summed E-state index contributed by atoms with van der Waals surface area (Å²) in [6.45, 7) is 12.6. The quantitative estimate of drug-likeness (QED) is 0.836. The summed E-state index contributed by atoms with van der Waals surface area (Å²) in [5, 5.41) is 9.79. The topological polar surface area (TPSA) is 38.7 Å². The molecule has 0 unspecified atom stereocenters. The minimum Gasteiger partial charge on any atom is -0.491 e. The smallest absolute Gasteiger partial charge is 0.328 e. The van der Waals surface area contributed by atoms with E-state index in [1.54, 1.807) is 13.8 Å². The van der Waals surface area contributed by atoms with Crippen molar-refractivity contribution in [1.29, 1.82) is 0 Å². The van der Waals surface area contributed by atoms with E-state index in [0.29, 0.717) is 0 Å². The van der Waals surface area contributed by atoms with Crippen molar-refractivity contribution in [3.8, 4) is 5.75 Å². The molecular formula is C18H27BO3. The molecule has 0 bridgehead atoms. The predicted octanol–water partition coefficient (Wildman–Crippen LogP) is 3.97. The van der Waals surface area contributed by atoms with Crippen molar-refractivity contribution in [2.24, 2.45) is 0 Å². The largest absolute Gasteiger partial charge is 0.491 e. The summed E-state index contributed by atoms with van der Waals surface area (Å²) < 4.78 is 11.5. The van der Waals surface area contributed by atoms with Gasteiger partial charge < -0.3 is 14.5 Å².